The van der Waals surface area contributed by atoms with Crippen molar-refractivity contribution in [2.24, 2.45) is 0 Å². The molecule has 4 heteroatoms. The van der Waals surface area contributed by atoms with Crippen LogP contribution in [0.2, 0.25) is 0 Å². The number of hydrogen-bond donors (Lipinski definition) is 0. The lowest BCUT2D eigenvalue weighted by atomic mass is 10.1. The summed E-state index contributed by atoms with van der Waals surface area (Å²) in [7, 11) is 0. The van der Waals surface area contributed by atoms with Crippen LogP contribution in [0.3, 0.4) is 0 Å². The van der Waals surface area contributed by atoms with Crippen LogP contribution in [0.4, 0.5) is 0 Å². The van der Waals surface area contributed by atoms with Crippen molar-refractivity contribution in [3.63, 3.8) is 0 Å². The topological polar surface area (TPSA) is 29.9 Å². The molecule has 0 bridgehead atoms. The Bertz CT molecular complexity index is 488. The fourth-order valence-electron chi connectivity index (χ4n) is 1.78. The Hall–Kier alpha value is -1.03. The summed E-state index contributed by atoms with van der Waals surface area (Å²) >= 11 is 1.64. The number of aryl methyl sites for hydroxylation is 3. The van der Waals surface area contributed by atoms with Crippen molar-refractivity contribution in [2.45, 2.75) is 34.1 Å². The van der Waals surface area contributed by atoms with E-state index in [2.05, 4.69) is 30.9 Å². The zero-order chi connectivity index (χ0) is 10.3. The largest absolute Gasteiger partial charge is 0.410 e. The molecule has 0 radical (unpaired) electrons. The van der Waals surface area contributed by atoms with E-state index < -0.39 is 0 Å². The van der Waals surface area contributed by atoms with Crippen LogP contribution in [0.1, 0.15) is 28.9 Å². The summed E-state index contributed by atoms with van der Waals surface area (Å²) in [4.78, 5) is 5.54. The molecule has 2 aromatic heterocycles. The average molecular weight is 208 g/mol. The molecular formula is C10H14N3S+. The first-order valence-electron chi connectivity index (χ1n) is 4.79. The van der Waals surface area contributed by atoms with Crippen molar-refractivity contribution >= 4 is 16.3 Å². The third-order valence-corrected chi connectivity index (χ3v) is 3.29. The molecule has 0 atom stereocenters. The molecule has 0 N–H and O–H groups in total. The summed E-state index contributed by atoms with van der Waals surface area (Å²) in [5, 5.41) is 5.50. The molecule has 0 aromatic carbocycles. The fraction of sp³-hybridized carbons (Fsp3) is 0.500. The normalized spacial score (nSPS) is 11.1. The van der Waals surface area contributed by atoms with E-state index in [1.54, 1.807) is 11.3 Å². The van der Waals surface area contributed by atoms with E-state index in [0.717, 1.165) is 22.1 Å². The van der Waals surface area contributed by atoms with Gasteiger partial charge < -0.3 is 0 Å². The minimum absolute atomic E-state index is 0.995. The van der Waals surface area contributed by atoms with E-state index in [4.69, 9.17) is 0 Å². The molecule has 0 spiro atoms. The predicted molar refractivity (Wildman–Crippen MR) is 56.7 cm³/mol. The van der Waals surface area contributed by atoms with Gasteiger partial charge in [0.15, 0.2) is 5.69 Å². The number of hydrogen-bond acceptors (Lipinski definition) is 3. The second-order valence-electron chi connectivity index (χ2n) is 3.43. The lowest BCUT2D eigenvalue weighted by Crippen LogP contribution is -2.30. The number of rotatable bonds is 1. The van der Waals surface area contributed by atoms with Crippen LogP contribution < -0.4 is 4.52 Å². The highest BCUT2D eigenvalue weighted by Crippen LogP contribution is 2.13. The highest BCUT2D eigenvalue weighted by Gasteiger charge is 2.19. The van der Waals surface area contributed by atoms with E-state index in [9.17, 15) is 0 Å². The zero-order valence-corrected chi connectivity index (χ0v) is 9.77. The maximum atomic E-state index is 4.55. The van der Waals surface area contributed by atoms with Crippen LogP contribution in [-0.2, 0) is 6.42 Å². The molecule has 2 heterocycles. The van der Waals surface area contributed by atoms with Crippen LogP contribution in [0, 0.1) is 20.8 Å². The fourth-order valence-corrected chi connectivity index (χ4v) is 2.61. The van der Waals surface area contributed by atoms with Gasteiger partial charge in [-0.2, -0.15) is 0 Å². The van der Waals surface area contributed by atoms with Gasteiger partial charge in [0.05, 0.1) is 0 Å². The SMILES string of the molecule is CCc1c(C)nc2sc(C)n[n+]2c1C. The van der Waals surface area contributed by atoms with Gasteiger partial charge in [0.1, 0.15) is 10.7 Å². The van der Waals surface area contributed by atoms with Gasteiger partial charge in [-0.3, -0.25) is 0 Å². The molecule has 2 aromatic rings. The molecule has 3 nitrogen and oxygen atoms in total. The van der Waals surface area contributed by atoms with Crippen LogP contribution >= 0.6 is 11.3 Å². The van der Waals surface area contributed by atoms with Gasteiger partial charge in [0.25, 0.3) is 0 Å². The van der Waals surface area contributed by atoms with Crippen LogP contribution in [0.5, 0.6) is 0 Å². The highest BCUT2D eigenvalue weighted by molar-refractivity contribution is 7.16. The molecule has 0 aliphatic heterocycles. The minimum atomic E-state index is 0.995. The Labute approximate surface area is 87.4 Å². The number of fused-ring (bicyclic) bond motifs is 1. The molecular weight excluding hydrogens is 194 g/mol. The van der Waals surface area contributed by atoms with Crippen molar-refractivity contribution in [1.29, 1.82) is 0 Å². The first-order chi connectivity index (χ1) is 6.63. The Morgan fingerprint density at radius 2 is 2.00 bits per heavy atom. The summed E-state index contributed by atoms with van der Waals surface area (Å²) in [5.41, 5.74) is 3.67. The summed E-state index contributed by atoms with van der Waals surface area (Å²) in [6.45, 7) is 8.35. The van der Waals surface area contributed by atoms with Gasteiger partial charge in [0.2, 0.25) is 0 Å². The Morgan fingerprint density at radius 3 is 2.64 bits per heavy atom. The predicted octanol–water partition coefficient (Wildman–Crippen LogP) is 1.76. The molecule has 0 unspecified atom stereocenters. The average Bonchev–Trinajstić information content (AvgIpc) is 2.47. The molecule has 0 fully saturated rings. The van der Waals surface area contributed by atoms with E-state index >= 15 is 0 Å². The third kappa shape index (κ3) is 1.30. The van der Waals surface area contributed by atoms with Gasteiger partial charge in [-0.05, 0) is 29.7 Å². The quantitative estimate of drug-likeness (QED) is 0.668. The van der Waals surface area contributed by atoms with Gasteiger partial charge in [-0.1, -0.05) is 16.5 Å². The van der Waals surface area contributed by atoms with Crippen LogP contribution in [0.15, 0.2) is 0 Å². The van der Waals surface area contributed by atoms with Crippen molar-refractivity contribution in [3.8, 4) is 0 Å². The molecule has 14 heavy (non-hydrogen) atoms. The molecule has 74 valence electrons. The van der Waals surface area contributed by atoms with Crippen molar-refractivity contribution in [3.05, 3.63) is 22.0 Å². The zero-order valence-electron chi connectivity index (χ0n) is 8.96. The van der Waals surface area contributed by atoms with E-state index in [1.807, 2.05) is 11.4 Å². The second kappa shape index (κ2) is 3.28. The monoisotopic (exact) mass is 208 g/mol. The molecule has 0 amide bonds. The smallest absolute Gasteiger partial charge is 0.0878 e. The van der Waals surface area contributed by atoms with E-state index in [-0.39, 0.29) is 0 Å². The van der Waals surface area contributed by atoms with Gasteiger partial charge in [-0.25, -0.2) is 0 Å². The van der Waals surface area contributed by atoms with E-state index in [1.165, 1.54) is 11.3 Å². The molecule has 2 rings (SSSR count). The van der Waals surface area contributed by atoms with Crippen molar-refractivity contribution < 1.29 is 4.52 Å². The molecule has 0 saturated heterocycles. The standard InChI is InChI=1S/C10H14N3S/c1-5-9-6(2)11-10-13(7(9)3)12-8(4)14-10/h5H2,1-4H3/q+1. The summed E-state index contributed by atoms with van der Waals surface area (Å²) in [5.74, 6) is 0. The number of nitrogens with zero attached hydrogens (tertiary/aromatic N) is 3. The summed E-state index contributed by atoms with van der Waals surface area (Å²) in [6.07, 6.45) is 1.02. The lowest BCUT2D eigenvalue weighted by molar-refractivity contribution is -0.586. The number of aromatic nitrogens is 3. The first kappa shape index (κ1) is 9.52. The van der Waals surface area contributed by atoms with Gasteiger partial charge in [-0.15, -0.1) is 0 Å². The Morgan fingerprint density at radius 1 is 1.29 bits per heavy atom. The maximum absolute atomic E-state index is 4.55. The molecule has 0 aliphatic rings. The van der Waals surface area contributed by atoms with Crippen molar-refractivity contribution in [1.82, 2.24) is 10.1 Å². The van der Waals surface area contributed by atoms with Crippen molar-refractivity contribution in [2.75, 3.05) is 0 Å². The van der Waals surface area contributed by atoms with Crippen LogP contribution in [0.25, 0.3) is 4.96 Å². The third-order valence-electron chi connectivity index (χ3n) is 2.47. The maximum Gasteiger partial charge on any atom is 0.410 e. The Balaban J connectivity index is 2.84. The molecule has 0 aliphatic carbocycles. The van der Waals surface area contributed by atoms with E-state index in [0.29, 0.717) is 0 Å². The summed E-state index contributed by atoms with van der Waals surface area (Å²) in [6, 6.07) is 0. The first-order valence-corrected chi connectivity index (χ1v) is 5.60. The highest BCUT2D eigenvalue weighted by atomic mass is 32.1. The molecule has 0 saturated carbocycles. The summed E-state index contributed by atoms with van der Waals surface area (Å²) < 4.78 is 1.95. The second-order valence-corrected chi connectivity index (χ2v) is 4.59. The minimum Gasteiger partial charge on any atom is -0.0878 e. The Kier molecular flexibility index (Phi) is 2.23. The van der Waals surface area contributed by atoms with Crippen LogP contribution in [-0.4, -0.2) is 10.1 Å². The van der Waals surface area contributed by atoms with Gasteiger partial charge >= 0.3 is 4.96 Å². The lowest BCUT2D eigenvalue weighted by Gasteiger charge is -1.98. The van der Waals surface area contributed by atoms with Gasteiger partial charge in [0, 0.05) is 19.4 Å².